The minimum Gasteiger partial charge on any atom is -0.445 e. The summed E-state index contributed by atoms with van der Waals surface area (Å²) in [4.78, 5) is 16.8. The first-order chi connectivity index (χ1) is 17.2. The predicted octanol–water partition coefficient (Wildman–Crippen LogP) is 7.88. The summed E-state index contributed by atoms with van der Waals surface area (Å²) < 4.78 is 12.3. The number of carbonyl (C=O) groups excluding carboxylic acids is 1. The number of allylic oxidation sites excluding steroid dienone is 1. The molecule has 210 valence electrons. The van der Waals surface area contributed by atoms with Crippen molar-refractivity contribution >= 4 is 26.0 Å². The fraction of sp³-hybridized carbons (Fsp3) is 0.633. The number of carbonyl (C=O) groups is 1. The van der Waals surface area contributed by atoms with Crippen molar-refractivity contribution in [3.8, 4) is 0 Å². The molecule has 0 unspecified atom stereocenters. The lowest BCUT2D eigenvalue weighted by Gasteiger charge is -2.38. The van der Waals surface area contributed by atoms with Gasteiger partial charge in [-0.3, -0.25) is 4.90 Å². The number of benzene rings is 1. The highest BCUT2D eigenvalue weighted by atomic mass is 35.5. The molecule has 37 heavy (non-hydrogen) atoms. The Hall–Kier alpha value is -1.60. The van der Waals surface area contributed by atoms with Crippen molar-refractivity contribution in [2.45, 2.75) is 98.2 Å². The molecule has 0 saturated heterocycles. The number of rotatable bonds is 14. The van der Waals surface area contributed by atoms with Crippen LogP contribution in [0.5, 0.6) is 0 Å². The van der Waals surface area contributed by atoms with Crippen molar-refractivity contribution in [2.75, 3.05) is 25.6 Å². The summed E-state index contributed by atoms with van der Waals surface area (Å²) >= 11 is 6.08. The van der Waals surface area contributed by atoms with Crippen LogP contribution in [0.25, 0.3) is 0 Å². The van der Waals surface area contributed by atoms with Crippen LogP contribution < -0.4 is 0 Å². The summed E-state index contributed by atoms with van der Waals surface area (Å²) in [5.41, 5.74) is 2.38. The highest BCUT2D eigenvalue weighted by molar-refractivity contribution is 6.74. The second kappa shape index (κ2) is 15.7. The molecule has 1 atom stereocenters. The summed E-state index contributed by atoms with van der Waals surface area (Å²) in [5, 5.41) is 0.118. The Kier molecular flexibility index (Phi) is 14.2. The highest BCUT2D eigenvalue weighted by Gasteiger charge is 2.37. The van der Waals surface area contributed by atoms with Crippen LogP contribution in [0.4, 0.5) is 4.79 Å². The Morgan fingerprint density at radius 3 is 2.19 bits per heavy atom. The van der Waals surface area contributed by atoms with Crippen LogP contribution in [0.2, 0.25) is 18.1 Å². The average Bonchev–Trinajstić information content (AvgIpc) is 2.80. The molecule has 0 aliphatic carbocycles. The van der Waals surface area contributed by atoms with Crippen LogP contribution in [0.3, 0.4) is 0 Å². The quantitative estimate of drug-likeness (QED) is 0.134. The number of ether oxygens (including phenoxy) is 1. The molecule has 0 spiro atoms. The van der Waals surface area contributed by atoms with Crippen molar-refractivity contribution in [3.05, 3.63) is 59.7 Å². The van der Waals surface area contributed by atoms with E-state index in [1.165, 1.54) is 5.56 Å². The number of nitrogens with zero attached hydrogens (tertiary/aromatic N) is 2. The molecular formula is C30H51ClN2O3Si. The van der Waals surface area contributed by atoms with Crippen molar-refractivity contribution in [2.24, 2.45) is 0 Å². The second-order valence-electron chi connectivity index (χ2n) is 11.8. The summed E-state index contributed by atoms with van der Waals surface area (Å²) in [6.45, 7) is 23.7. The van der Waals surface area contributed by atoms with E-state index < -0.39 is 8.32 Å². The molecular weight excluding hydrogens is 500 g/mol. The number of hydrogen-bond donors (Lipinski definition) is 0. The van der Waals surface area contributed by atoms with Gasteiger partial charge in [0.1, 0.15) is 6.61 Å². The molecule has 5 nitrogen and oxygen atoms in total. The van der Waals surface area contributed by atoms with Gasteiger partial charge in [0.15, 0.2) is 8.32 Å². The van der Waals surface area contributed by atoms with Gasteiger partial charge in [-0.05, 0) is 64.4 Å². The topological polar surface area (TPSA) is 42.0 Å². The van der Waals surface area contributed by atoms with E-state index in [4.69, 9.17) is 20.8 Å². The predicted molar refractivity (Wildman–Crippen MR) is 161 cm³/mol. The maximum Gasteiger partial charge on any atom is 0.410 e. The SMILES string of the molecule is C/C(=C\CN(Cc1ccccc1)[C@@H](/C=C/COC(=O)N(C(C)C)C(C)C)CO[Si](C)(C)C(C)(C)C)CCl. The smallest absolute Gasteiger partial charge is 0.410 e. The number of hydrogen-bond acceptors (Lipinski definition) is 4. The standard InChI is InChI=1S/C30H51ClN2O3Si/c1-24(2)33(25(3)4)29(34)35-20-14-17-28(23-36-37(9,10)30(6,7)8)32(19-18-26(5)21-31)22-27-15-12-11-13-16-27/h11-18,24-25,28H,19-23H2,1-10H3/b17-14+,26-18+/t28-/m0/s1. The summed E-state index contributed by atoms with van der Waals surface area (Å²) in [6.07, 6.45) is 5.98. The van der Waals surface area contributed by atoms with Crippen molar-refractivity contribution < 1.29 is 14.0 Å². The van der Waals surface area contributed by atoms with Crippen LogP contribution in [-0.2, 0) is 15.7 Å². The fourth-order valence-corrected chi connectivity index (χ4v) is 4.81. The van der Waals surface area contributed by atoms with Gasteiger partial charge in [0.05, 0.1) is 12.6 Å². The zero-order valence-electron chi connectivity index (χ0n) is 24.9. The van der Waals surface area contributed by atoms with Gasteiger partial charge < -0.3 is 14.1 Å². The fourth-order valence-electron chi connectivity index (χ4n) is 3.68. The van der Waals surface area contributed by atoms with E-state index in [1.807, 2.05) is 39.8 Å². The zero-order valence-corrected chi connectivity index (χ0v) is 26.6. The largest absolute Gasteiger partial charge is 0.445 e. The minimum atomic E-state index is -1.95. The second-order valence-corrected chi connectivity index (χ2v) is 16.9. The molecule has 0 saturated carbocycles. The zero-order chi connectivity index (χ0) is 28.2. The third-order valence-corrected chi connectivity index (χ3v) is 11.9. The van der Waals surface area contributed by atoms with Crippen LogP contribution in [-0.4, -0.2) is 68.0 Å². The third kappa shape index (κ3) is 11.8. The Morgan fingerprint density at radius 1 is 1.08 bits per heavy atom. The van der Waals surface area contributed by atoms with Crippen molar-refractivity contribution in [3.63, 3.8) is 0 Å². The lowest BCUT2D eigenvalue weighted by molar-refractivity contribution is 0.0873. The molecule has 7 heteroatoms. The maximum absolute atomic E-state index is 12.6. The molecule has 0 fully saturated rings. The van der Waals surface area contributed by atoms with Crippen LogP contribution >= 0.6 is 11.6 Å². The van der Waals surface area contributed by atoms with Crippen molar-refractivity contribution in [1.29, 1.82) is 0 Å². The van der Waals surface area contributed by atoms with Gasteiger partial charge in [0, 0.05) is 31.1 Å². The van der Waals surface area contributed by atoms with E-state index in [1.54, 1.807) is 4.90 Å². The first-order valence-corrected chi connectivity index (χ1v) is 16.9. The summed E-state index contributed by atoms with van der Waals surface area (Å²) in [7, 11) is -1.95. The van der Waals surface area contributed by atoms with Crippen LogP contribution in [0, 0.1) is 0 Å². The van der Waals surface area contributed by atoms with E-state index in [0.717, 1.165) is 18.7 Å². The molecule has 0 aromatic heterocycles. The summed E-state index contributed by atoms with van der Waals surface area (Å²) in [6, 6.07) is 10.6. The lowest BCUT2D eigenvalue weighted by atomic mass is 10.1. The highest BCUT2D eigenvalue weighted by Crippen LogP contribution is 2.36. The molecule has 1 rings (SSSR count). The monoisotopic (exact) mass is 550 g/mol. The van der Waals surface area contributed by atoms with Gasteiger partial charge in [0.25, 0.3) is 0 Å². The first-order valence-electron chi connectivity index (χ1n) is 13.4. The minimum absolute atomic E-state index is 0.0127. The van der Waals surface area contributed by atoms with Crippen LogP contribution in [0.15, 0.2) is 54.1 Å². The van der Waals surface area contributed by atoms with Gasteiger partial charge in [-0.15, -0.1) is 11.6 Å². The normalized spacial score (nSPS) is 14.2. The Balaban J connectivity index is 3.16. The van der Waals surface area contributed by atoms with Gasteiger partial charge in [-0.25, -0.2) is 4.79 Å². The van der Waals surface area contributed by atoms with Crippen LogP contribution in [0.1, 0.15) is 61.0 Å². The Labute approximate surface area is 233 Å². The van der Waals surface area contributed by atoms with E-state index >= 15 is 0 Å². The molecule has 0 radical (unpaired) electrons. The number of amides is 1. The van der Waals surface area contributed by atoms with Gasteiger partial charge in [-0.2, -0.15) is 0 Å². The molecule has 0 bridgehead atoms. The molecule has 0 aliphatic rings. The molecule has 0 heterocycles. The first kappa shape index (κ1) is 33.4. The number of alkyl halides is 1. The molecule has 1 aromatic rings. The molecule has 1 aromatic carbocycles. The van der Waals surface area contributed by atoms with E-state index in [-0.39, 0.29) is 35.9 Å². The van der Waals surface area contributed by atoms with E-state index in [9.17, 15) is 4.79 Å². The Morgan fingerprint density at radius 2 is 1.68 bits per heavy atom. The third-order valence-electron chi connectivity index (χ3n) is 6.99. The maximum atomic E-state index is 12.6. The van der Waals surface area contributed by atoms with E-state index in [0.29, 0.717) is 12.5 Å². The van der Waals surface area contributed by atoms with Crippen molar-refractivity contribution in [1.82, 2.24) is 9.80 Å². The van der Waals surface area contributed by atoms with Gasteiger partial charge in [0.2, 0.25) is 0 Å². The van der Waals surface area contributed by atoms with Gasteiger partial charge >= 0.3 is 6.09 Å². The average molecular weight is 551 g/mol. The number of halogens is 1. The molecule has 0 aliphatic heterocycles. The molecule has 1 amide bonds. The molecule has 0 N–H and O–H groups in total. The lowest BCUT2D eigenvalue weighted by Crippen LogP contribution is -2.46. The van der Waals surface area contributed by atoms with Gasteiger partial charge in [-0.1, -0.05) is 68.8 Å². The summed E-state index contributed by atoms with van der Waals surface area (Å²) in [5.74, 6) is 0.512. The Bertz CT molecular complexity index is 855. The van der Waals surface area contributed by atoms with E-state index in [2.05, 4.69) is 82.1 Å².